The number of rotatable bonds is 11. The second-order valence-electron chi connectivity index (χ2n) is 9.01. The Balaban J connectivity index is 1.33. The van der Waals surface area contributed by atoms with E-state index in [4.69, 9.17) is 4.74 Å². The number of pyridine rings is 2. The summed E-state index contributed by atoms with van der Waals surface area (Å²) in [5.74, 6) is 2.76. The van der Waals surface area contributed by atoms with E-state index in [1.165, 1.54) is 5.56 Å². The van der Waals surface area contributed by atoms with Gasteiger partial charge in [-0.2, -0.15) is 0 Å². The molecule has 7 heteroatoms. The standard InChI is InChI=1S/C27H36N4O2S/c1-28-25(23-10-13-29-26-9-7-22(33-2)17-24(23)26)8-6-20-11-14-31(18-21(20)19-32)15-16-34-27-5-3-4-12-30-27/h3-5,7,9-10,12-13,17,20-21,25,28,32H,6,8,11,14-16,18-19H2,1-2H3/t20-,21-,25-/m1/s1. The second kappa shape index (κ2) is 12.5. The van der Waals surface area contributed by atoms with Crippen LogP contribution in [0.5, 0.6) is 5.75 Å². The van der Waals surface area contributed by atoms with Gasteiger partial charge in [0.05, 0.1) is 17.7 Å². The molecule has 2 N–H and O–H groups in total. The lowest BCUT2D eigenvalue weighted by molar-refractivity contribution is 0.0696. The molecule has 3 atom stereocenters. The van der Waals surface area contributed by atoms with Crippen LogP contribution < -0.4 is 10.1 Å². The Labute approximate surface area is 207 Å². The molecule has 34 heavy (non-hydrogen) atoms. The molecule has 0 radical (unpaired) electrons. The third kappa shape index (κ3) is 6.27. The molecule has 3 aromatic rings. The minimum Gasteiger partial charge on any atom is -0.497 e. The van der Waals surface area contributed by atoms with Crippen LogP contribution in [0.2, 0.25) is 0 Å². The topological polar surface area (TPSA) is 70.5 Å². The Kier molecular flexibility index (Phi) is 9.16. The first kappa shape index (κ1) is 24.9. The van der Waals surface area contributed by atoms with Gasteiger partial charge < -0.3 is 20.1 Å². The van der Waals surface area contributed by atoms with Gasteiger partial charge >= 0.3 is 0 Å². The van der Waals surface area contributed by atoms with Crippen molar-refractivity contribution in [1.82, 2.24) is 20.2 Å². The molecular formula is C27H36N4O2S. The minimum absolute atomic E-state index is 0.241. The highest BCUT2D eigenvalue weighted by molar-refractivity contribution is 7.99. The number of benzene rings is 1. The molecule has 3 heterocycles. The summed E-state index contributed by atoms with van der Waals surface area (Å²) >= 11 is 1.80. The molecule has 1 saturated heterocycles. The zero-order chi connectivity index (χ0) is 23.8. The number of hydrogen-bond donors (Lipinski definition) is 2. The third-order valence-corrected chi connectivity index (χ3v) is 7.96. The van der Waals surface area contributed by atoms with Gasteiger partial charge in [0.25, 0.3) is 0 Å². The largest absolute Gasteiger partial charge is 0.497 e. The average Bonchev–Trinajstić information content (AvgIpc) is 2.89. The van der Waals surface area contributed by atoms with E-state index in [2.05, 4.69) is 38.4 Å². The molecule has 0 aliphatic carbocycles. The fraction of sp³-hybridized carbons (Fsp3) is 0.481. The molecule has 182 valence electrons. The third-order valence-electron chi connectivity index (χ3n) is 7.04. The van der Waals surface area contributed by atoms with Crippen molar-refractivity contribution >= 4 is 22.7 Å². The molecule has 2 aromatic heterocycles. The van der Waals surface area contributed by atoms with Crippen LogP contribution in [0.15, 0.2) is 59.9 Å². The van der Waals surface area contributed by atoms with E-state index in [0.29, 0.717) is 11.8 Å². The monoisotopic (exact) mass is 480 g/mol. The van der Waals surface area contributed by atoms with Gasteiger partial charge in [-0.15, -0.1) is 11.8 Å². The normalized spacial score (nSPS) is 19.9. The number of methoxy groups -OCH3 is 1. The molecule has 0 spiro atoms. The molecule has 0 saturated carbocycles. The first-order chi connectivity index (χ1) is 16.7. The molecule has 1 aliphatic rings. The summed E-state index contributed by atoms with van der Waals surface area (Å²) in [6.07, 6.45) is 7.01. The van der Waals surface area contributed by atoms with Crippen molar-refractivity contribution in [1.29, 1.82) is 0 Å². The van der Waals surface area contributed by atoms with Crippen LogP contribution in [0.1, 0.15) is 30.9 Å². The van der Waals surface area contributed by atoms with Crippen LogP contribution in [-0.4, -0.2) is 66.1 Å². The van der Waals surface area contributed by atoms with Crippen molar-refractivity contribution in [3.63, 3.8) is 0 Å². The lowest BCUT2D eigenvalue weighted by Gasteiger charge is -2.38. The molecular weight excluding hydrogens is 444 g/mol. The van der Waals surface area contributed by atoms with Gasteiger partial charge in [0, 0.05) is 49.3 Å². The first-order valence-corrected chi connectivity index (χ1v) is 13.2. The number of aliphatic hydroxyl groups excluding tert-OH is 1. The number of piperidine rings is 1. The summed E-state index contributed by atoms with van der Waals surface area (Å²) < 4.78 is 5.45. The van der Waals surface area contributed by atoms with Gasteiger partial charge in [0.15, 0.2) is 0 Å². The Bertz CT molecular complexity index is 1040. The van der Waals surface area contributed by atoms with E-state index in [1.807, 2.05) is 43.7 Å². The summed E-state index contributed by atoms with van der Waals surface area (Å²) in [7, 11) is 3.73. The number of nitrogens with one attached hydrogen (secondary N) is 1. The van der Waals surface area contributed by atoms with Crippen LogP contribution >= 0.6 is 11.8 Å². The van der Waals surface area contributed by atoms with Crippen molar-refractivity contribution in [3.8, 4) is 5.75 Å². The van der Waals surface area contributed by atoms with E-state index < -0.39 is 0 Å². The maximum absolute atomic E-state index is 10.1. The van der Waals surface area contributed by atoms with Crippen LogP contribution in [0.4, 0.5) is 0 Å². The summed E-state index contributed by atoms with van der Waals surface area (Å²) in [6.45, 7) is 3.37. The molecule has 1 fully saturated rings. The van der Waals surface area contributed by atoms with E-state index in [0.717, 1.165) is 66.3 Å². The summed E-state index contributed by atoms with van der Waals surface area (Å²) in [6, 6.07) is 14.5. The van der Waals surface area contributed by atoms with E-state index in [1.54, 1.807) is 18.9 Å². The van der Waals surface area contributed by atoms with Crippen LogP contribution in [0, 0.1) is 11.8 Å². The van der Waals surface area contributed by atoms with E-state index >= 15 is 0 Å². The van der Waals surface area contributed by atoms with Gasteiger partial charge in [-0.25, -0.2) is 4.98 Å². The highest BCUT2D eigenvalue weighted by Crippen LogP contribution is 2.33. The molecule has 4 rings (SSSR count). The quantitative estimate of drug-likeness (QED) is 0.394. The Morgan fingerprint density at radius 2 is 2.09 bits per heavy atom. The average molecular weight is 481 g/mol. The summed E-state index contributed by atoms with van der Waals surface area (Å²) in [4.78, 5) is 11.4. The molecule has 1 aromatic carbocycles. The number of nitrogens with zero attached hydrogens (tertiary/aromatic N) is 3. The lowest BCUT2D eigenvalue weighted by atomic mass is 9.81. The van der Waals surface area contributed by atoms with Gasteiger partial charge in [0.2, 0.25) is 0 Å². The fourth-order valence-electron chi connectivity index (χ4n) is 5.07. The molecule has 0 bridgehead atoms. The first-order valence-electron chi connectivity index (χ1n) is 12.2. The number of hydrogen-bond acceptors (Lipinski definition) is 7. The van der Waals surface area contributed by atoms with Gasteiger partial charge in [-0.1, -0.05) is 6.07 Å². The Hall–Kier alpha value is -2.19. The smallest absolute Gasteiger partial charge is 0.119 e. The fourth-order valence-corrected chi connectivity index (χ4v) is 5.94. The number of ether oxygens (including phenoxy) is 1. The zero-order valence-electron chi connectivity index (χ0n) is 20.2. The predicted molar refractivity (Wildman–Crippen MR) is 139 cm³/mol. The maximum atomic E-state index is 10.1. The summed E-state index contributed by atoms with van der Waals surface area (Å²) in [5.41, 5.74) is 2.25. The maximum Gasteiger partial charge on any atom is 0.119 e. The van der Waals surface area contributed by atoms with Gasteiger partial charge in [-0.05, 0) is 86.7 Å². The molecule has 0 amide bonds. The lowest BCUT2D eigenvalue weighted by Crippen LogP contribution is -2.43. The van der Waals surface area contributed by atoms with Crippen molar-refractivity contribution in [2.45, 2.75) is 30.3 Å². The molecule has 1 aliphatic heterocycles. The number of aliphatic hydroxyl groups is 1. The van der Waals surface area contributed by atoms with E-state index in [9.17, 15) is 5.11 Å². The number of fused-ring (bicyclic) bond motifs is 1. The van der Waals surface area contributed by atoms with Crippen LogP contribution in [0.3, 0.4) is 0 Å². The zero-order valence-corrected chi connectivity index (χ0v) is 21.0. The van der Waals surface area contributed by atoms with Crippen LogP contribution in [-0.2, 0) is 0 Å². The van der Waals surface area contributed by atoms with Crippen molar-refractivity contribution < 1.29 is 9.84 Å². The summed E-state index contributed by atoms with van der Waals surface area (Å²) in [5, 5.41) is 15.9. The van der Waals surface area contributed by atoms with Gasteiger partial charge in [0.1, 0.15) is 5.75 Å². The highest BCUT2D eigenvalue weighted by Gasteiger charge is 2.29. The second-order valence-corrected chi connectivity index (χ2v) is 10.1. The Morgan fingerprint density at radius 1 is 1.18 bits per heavy atom. The molecule has 0 unspecified atom stereocenters. The minimum atomic E-state index is 0.241. The predicted octanol–water partition coefficient (Wildman–Crippen LogP) is 4.40. The SMILES string of the molecule is CN[C@H](CC[C@@H]1CCN(CCSc2ccccn2)C[C@@H]1CO)c1ccnc2ccc(OC)cc12. The number of likely N-dealkylation sites (tertiary alicyclic amines) is 1. The number of thioether (sulfide) groups is 1. The molecule has 6 nitrogen and oxygen atoms in total. The van der Waals surface area contributed by atoms with Crippen molar-refractivity contribution in [3.05, 3.63) is 60.4 Å². The van der Waals surface area contributed by atoms with Crippen molar-refractivity contribution in [2.24, 2.45) is 11.8 Å². The van der Waals surface area contributed by atoms with Gasteiger partial charge in [-0.3, -0.25) is 4.98 Å². The van der Waals surface area contributed by atoms with Crippen LogP contribution in [0.25, 0.3) is 10.9 Å². The Morgan fingerprint density at radius 3 is 2.85 bits per heavy atom. The van der Waals surface area contributed by atoms with E-state index in [-0.39, 0.29) is 12.6 Å². The van der Waals surface area contributed by atoms with Crippen molar-refractivity contribution in [2.75, 3.05) is 46.2 Å². The highest BCUT2D eigenvalue weighted by atomic mass is 32.2. The number of aromatic nitrogens is 2.